The number of nitrogen functional groups attached to an aromatic ring is 1. The molecule has 0 spiro atoms. The number of pyridine rings is 2. The second kappa shape index (κ2) is 8.25. The number of ether oxygens (including phenoxy) is 1. The van der Waals surface area contributed by atoms with E-state index in [1.165, 1.54) is 0 Å². The van der Waals surface area contributed by atoms with Crippen molar-refractivity contribution in [1.29, 1.82) is 0 Å². The summed E-state index contributed by atoms with van der Waals surface area (Å²) in [5, 5.41) is 16.4. The van der Waals surface area contributed by atoms with Gasteiger partial charge in [0.05, 0.1) is 35.6 Å². The summed E-state index contributed by atoms with van der Waals surface area (Å²) in [7, 11) is 1.60. The fourth-order valence-corrected chi connectivity index (χ4v) is 5.04. The van der Waals surface area contributed by atoms with Gasteiger partial charge in [-0.05, 0) is 49.1 Å². The monoisotopic (exact) mass is 467 g/mol. The van der Waals surface area contributed by atoms with Crippen molar-refractivity contribution in [3.05, 3.63) is 77.3 Å². The third-order valence-electron chi connectivity index (χ3n) is 6.97. The number of aliphatic hydroxyl groups is 1. The van der Waals surface area contributed by atoms with E-state index in [1.807, 2.05) is 59.3 Å². The lowest BCUT2D eigenvalue weighted by Crippen LogP contribution is -2.29. The SMILES string of the molecule is COc1cn(-c2ccccc2)c(=O)c2cc(-c3nn(C4CC(CO)C4)c4ccnc(N)c34)ccc12. The van der Waals surface area contributed by atoms with Gasteiger partial charge in [-0.2, -0.15) is 5.10 Å². The number of fused-ring (bicyclic) bond motifs is 2. The fourth-order valence-electron chi connectivity index (χ4n) is 5.04. The average molecular weight is 468 g/mol. The summed E-state index contributed by atoms with van der Waals surface area (Å²) in [6.07, 6.45) is 5.14. The first-order chi connectivity index (χ1) is 17.1. The van der Waals surface area contributed by atoms with Gasteiger partial charge in [0.25, 0.3) is 5.56 Å². The maximum Gasteiger partial charge on any atom is 0.263 e. The molecule has 0 radical (unpaired) electrons. The summed E-state index contributed by atoms with van der Waals surface area (Å²) >= 11 is 0. The maximum absolute atomic E-state index is 13.6. The Bertz CT molecular complexity index is 1620. The Balaban J connectivity index is 1.56. The maximum atomic E-state index is 13.6. The summed E-state index contributed by atoms with van der Waals surface area (Å²) in [5.74, 6) is 1.30. The molecule has 3 N–H and O–H groups in total. The number of nitrogens with zero attached hydrogens (tertiary/aromatic N) is 4. The molecule has 1 saturated carbocycles. The molecule has 1 fully saturated rings. The van der Waals surface area contributed by atoms with Crippen LogP contribution in [0.3, 0.4) is 0 Å². The lowest BCUT2D eigenvalue weighted by atomic mass is 9.81. The van der Waals surface area contributed by atoms with Crippen molar-refractivity contribution in [2.45, 2.75) is 18.9 Å². The number of para-hydroxylation sites is 1. The lowest BCUT2D eigenvalue weighted by molar-refractivity contribution is 0.108. The van der Waals surface area contributed by atoms with Gasteiger partial charge in [-0.3, -0.25) is 14.0 Å². The molecule has 3 aromatic heterocycles. The van der Waals surface area contributed by atoms with Gasteiger partial charge < -0.3 is 15.6 Å². The molecule has 0 bridgehead atoms. The van der Waals surface area contributed by atoms with Gasteiger partial charge in [-0.25, -0.2) is 4.98 Å². The molecule has 2 aromatic carbocycles. The average Bonchev–Trinajstić information content (AvgIpc) is 3.25. The Morgan fingerprint density at radius 1 is 1.11 bits per heavy atom. The van der Waals surface area contributed by atoms with Crippen LogP contribution < -0.4 is 16.0 Å². The van der Waals surface area contributed by atoms with E-state index in [2.05, 4.69) is 4.98 Å². The van der Waals surface area contributed by atoms with Crippen LogP contribution in [-0.2, 0) is 0 Å². The molecule has 0 saturated heterocycles. The number of hydrogen-bond acceptors (Lipinski definition) is 6. The smallest absolute Gasteiger partial charge is 0.263 e. The van der Waals surface area contributed by atoms with Crippen LogP contribution in [-0.4, -0.2) is 38.2 Å². The van der Waals surface area contributed by atoms with Crippen molar-refractivity contribution in [3.63, 3.8) is 0 Å². The third kappa shape index (κ3) is 3.37. The van der Waals surface area contributed by atoms with Crippen molar-refractivity contribution in [1.82, 2.24) is 19.3 Å². The predicted octanol–water partition coefficient (Wildman–Crippen LogP) is 3.94. The largest absolute Gasteiger partial charge is 0.495 e. The van der Waals surface area contributed by atoms with E-state index in [4.69, 9.17) is 15.6 Å². The van der Waals surface area contributed by atoms with E-state index in [9.17, 15) is 9.90 Å². The van der Waals surface area contributed by atoms with Crippen molar-refractivity contribution in [2.75, 3.05) is 19.5 Å². The van der Waals surface area contributed by atoms with Crippen LogP contribution in [0.15, 0.2) is 71.8 Å². The van der Waals surface area contributed by atoms with E-state index >= 15 is 0 Å². The minimum Gasteiger partial charge on any atom is -0.495 e. The van der Waals surface area contributed by atoms with E-state index < -0.39 is 0 Å². The lowest BCUT2D eigenvalue weighted by Gasteiger charge is -2.34. The molecule has 176 valence electrons. The van der Waals surface area contributed by atoms with Crippen molar-refractivity contribution < 1.29 is 9.84 Å². The Hall–Kier alpha value is -4.17. The van der Waals surface area contributed by atoms with Gasteiger partial charge in [0.2, 0.25) is 0 Å². The predicted molar refractivity (Wildman–Crippen MR) is 136 cm³/mol. The molecule has 8 heteroatoms. The second-order valence-corrected chi connectivity index (χ2v) is 9.03. The fraction of sp³-hybridized carbons (Fsp3) is 0.222. The first kappa shape index (κ1) is 21.4. The zero-order chi connectivity index (χ0) is 24.1. The Kier molecular flexibility index (Phi) is 5.04. The molecule has 1 aliphatic rings. The quantitative estimate of drug-likeness (QED) is 0.405. The third-order valence-corrected chi connectivity index (χ3v) is 6.97. The number of anilines is 1. The summed E-state index contributed by atoms with van der Waals surface area (Å²) in [5.41, 5.74) is 9.31. The molecule has 0 atom stereocenters. The van der Waals surface area contributed by atoms with Gasteiger partial charge in [-0.1, -0.05) is 24.3 Å². The van der Waals surface area contributed by atoms with Crippen LogP contribution in [0.4, 0.5) is 5.82 Å². The van der Waals surface area contributed by atoms with Gasteiger partial charge in [0.15, 0.2) is 0 Å². The number of rotatable bonds is 5. The first-order valence-electron chi connectivity index (χ1n) is 11.6. The van der Waals surface area contributed by atoms with Crippen molar-refractivity contribution >= 4 is 27.5 Å². The van der Waals surface area contributed by atoms with E-state index in [-0.39, 0.29) is 18.2 Å². The normalized spacial score (nSPS) is 17.5. The number of aromatic nitrogens is 4. The molecule has 1 aliphatic carbocycles. The number of aliphatic hydroxyl groups excluding tert-OH is 1. The van der Waals surface area contributed by atoms with Gasteiger partial charge in [0, 0.05) is 29.4 Å². The molecule has 0 amide bonds. The molecule has 5 aromatic rings. The number of benzene rings is 2. The molecule has 0 aliphatic heterocycles. The number of nitrogens with two attached hydrogens (primary N) is 1. The second-order valence-electron chi connectivity index (χ2n) is 9.03. The van der Waals surface area contributed by atoms with Crippen LogP contribution in [0.25, 0.3) is 38.6 Å². The highest BCUT2D eigenvalue weighted by atomic mass is 16.5. The molecule has 35 heavy (non-hydrogen) atoms. The Morgan fingerprint density at radius 2 is 1.91 bits per heavy atom. The van der Waals surface area contributed by atoms with Crippen LogP contribution in [0, 0.1) is 5.92 Å². The molecular weight excluding hydrogens is 442 g/mol. The highest BCUT2D eigenvalue weighted by Gasteiger charge is 2.32. The van der Waals surface area contributed by atoms with Crippen molar-refractivity contribution in [3.8, 4) is 22.7 Å². The van der Waals surface area contributed by atoms with E-state index in [0.717, 1.165) is 40.4 Å². The molecule has 0 unspecified atom stereocenters. The number of methoxy groups -OCH3 is 1. The zero-order valence-corrected chi connectivity index (χ0v) is 19.3. The van der Waals surface area contributed by atoms with Crippen LogP contribution >= 0.6 is 0 Å². The summed E-state index contributed by atoms with van der Waals surface area (Å²) in [4.78, 5) is 17.9. The summed E-state index contributed by atoms with van der Waals surface area (Å²) in [6, 6.07) is 17.3. The molecule has 6 rings (SSSR count). The van der Waals surface area contributed by atoms with Gasteiger partial charge >= 0.3 is 0 Å². The highest BCUT2D eigenvalue weighted by Crippen LogP contribution is 2.42. The highest BCUT2D eigenvalue weighted by molar-refractivity contribution is 6.02. The standard InChI is InChI=1S/C27H25N5O3/c1-35-23-14-31(18-5-3-2-4-6-18)27(34)21-13-17(7-8-20(21)23)25-24-22(9-10-29-26(24)28)32(30-25)19-11-16(12-19)15-33/h2-10,13-14,16,19,33H,11-12,15H2,1H3,(H2,28,29). The summed E-state index contributed by atoms with van der Waals surface area (Å²) < 4.78 is 9.22. The first-order valence-corrected chi connectivity index (χ1v) is 11.6. The van der Waals surface area contributed by atoms with E-state index in [1.54, 1.807) is 24.1 Å². The Morgan fingerprint density at radius 3 is 2.66 bits per heavy atom. The topological polar surface area (TPSA) is 108 Å². The zero-order valence-electron chi connectivity index (χ0n) is 19.3. The van der Waals surface area contributed by atoms with Crippen LogP contribution in [0.2, 0.25) is 0 Å². The van der Waals surface area contributed by atoms with Crippen molar-refractivity contribution in [2.24, 2.45) is 5.92 Å². The van der Waals surface area contributed by atoms with Crippen LogP contribution in [0.1, 0.15) is 18.9 Å². The summed E-state index contributed by atoms with van der Waals surface area (Å²) in [6.45, 7) is 0.187. The van der Waals surface area contributed by atoms with Crippen LogP contribution in [0.5, 0.6) is 5.75 Å². The minimum atomic E-state index is -0.145. The molecule has 8 nitrogen and oxygen atoms in total. The van der Waals surface area contributed by atoms with Gasteiger partial charge in [0.1, 0.15) is 17.3 Å². The molecular formula is C27H25N5O3. The van der Waals surface area contributed by atoms with E-state index in [0.29, 0.717) is 28.6 Å². The minimum absolute atomic E-state index is 0.145. The number of hydrogen-bond donors (Lipinski definition) is 2. The van der Waals surface area contributed by atoms with Gasteiger partial charge in [-0.15, -0.1) is 0 Å². The Labute approximate surface area is 201 Å². The molecule has 3 heterocycles.